The first-order valence-corrected chi connectivity index (χ1v) is 9.08. The standard InChI is InChI=1S/C19H26FN4O/c1-2-18(25)23-8-6-14(7-9-23)16-11-24(12-16)17-5-3-4-15(19(17)20)10-22-13-21/h3-5,14,16H,2,6-12H2,1H3,(H2,21,22). The number of hydrogen-bond donors (Lipinski definition) is 2. The van der Waals surface area contributed by atoms with Gasteiger partial charge < -0.3 is 15.1 Å². The molecule has 25 heavy (non-hydrogen) atoms. The summed E-state index contributed by atoms with van der Waals surface area (Å²) in [5.41, 5.74) is 1.21. The van der Waals surface area contributed by atoms with Crippen LogP contribution in [0.4, 0.5) is 10.1 Å². The first-order chi connectivity index (χ1) is 12.1. The van der Waals surface area contributed by atoms with E-state index in [1.54, 1.807) is 6.07 Å². The molecule has 2 fully saturated rings. The average Bonchev–Trinajstić information content (AvgIpc) is 2.60. The van der Waals surface area contributed by atoms with Gasteiger partial charge in [-0.1, -0.05) is 19.1 Å². The van der Waals surface area contributed by atoms with Crippen LogP contribution in [0.15, 0.2) is 18.2 Å². The number of halogens is 1. The van der Waals surface area contributed by atoms with Crippen molar-refractivity contribution in [3.8, 4) is 0 Å². The highest BCUT2D eigenvalue weighted by atomic mass is 19.1. The van der Waals surface area contributed by atoms with Crippen LogP contribution in [0.3, 0.4) is 0 Å². The molecule has 0 unspecified atom stereocenters. The van der Waals surface area contributed by atoms with E-state index in [-0.39, 0.29) is 18.3 Å². The van der Waals surface area contributed by atoms with Gasteiger partial charge in [0.1, 0.15) is 0 Å². The summed E-state index contributed by atoms with van der Waals surface area (Å²) in [6, 6.07) is 5.42. The van der Waals surface area contributed by atoms with Gasteiger partial charge in [0.15, 0.2) is 12.2 Å². The molecule has 6 heteroatoms. The molecule has 1 aromatic rings. The van der Waals surface area contributed by atoms with E-state index in [1.165, 1.54) is 0 Å². The van der Waals surface area contributed by atoms with Crippen LogP contribution >= 0.6 is 0 Å². The van der Waals surface area contributed by atoms with Gasteiger partial charge in [-0.05, 0) is 30.7 Å². The summed E-state index contributed by atoms with van der Waals surface area (Å²) in [7, 11) is 0. The van der Waals surface area contributed by atoms with E-state index >= 15 is 0 Å². The van der Waals surface area contributed by atoms with Crippen molar-refractivity contribution in [1.82, 2.24) is 10.2 Å². The van der Waals surface area contributed by atoms with Gasteiger partial charge >= 0.3 is 0 Å². The minimum absolute atomic E-state index is 0.202. The van der Waals surface area contributed by atoms with Gasteiger partial charge in [0, 0.05) is 44.7 Å². The molecular weight excluding hydrogens is 319 g/mol. The fourth-order valence-electron chi connectivity index (χ4n) is 3.94. The summed E-state index contributed by atoms with van der Waals surface area (Å²) in [5.74, 6) is 1.28. The van der Waals surface area contributed by atoms with Crippen molar-refractivity contribution in [1.29, 1.82) is 5.41 Å². The normalized spacial score (nSPS) is 18.8. The third-order valence-electron chi connectivity index (χ3n) is 5.54. The van der Waals surface area contributed by atoms with E-state index in [4.69, 9.17) is 5.41 Å². The molecule has 2 aliphatic heterocycles. The number of carbonyl (C=O) groups excluding carboxylic acids is 1. The van der Waals surface area contributed by atoms with Gasteiger partial charge in [0.05, 0.1) is 5.69 Å². The van der Waals surface area contributed by atoms with Crippen molar-refractivity contribution >= 4 is 17.9 Å². The topological polar surface area (TPSA) is 59.4 Å². The van der Waals surface area contributed by atoms with Crippen molar-refractivity contribution in [2.24, 2.45) is 11.8 Å². The molecule has 1 aromatic carbocycles. The Balaban J connectivity index is 1.53. The highest BCUT2D eigenvalue weighted by molar-refractivity contribution is 5.75. The molecule has 2 aliphatic rings. The van der Waals surface area contributed by atoms with E-state index in [1.807, 2.05) is 24.0 Å². The molecule has 1 amide bonds. The third kappa shape index (κ3) is 3.78. The van der Waals surface area contributed by atoms with Gasteiger partial charge in [0.2, 0.25) is 5.91 Å². The molecule has 0 spiro atoms. The molecule has 1 radical (unpaired) electrons. The van der Waals surface area contributed by atoms with E-state index in [0.29, 0.717) is 29.5 Å². The Bertz CT molecular complexity index is 622. The van der Waals surface area contributed by atoms with Crippen molar-refractivity contribution in [2.45, 2.75) is 32.7 Å². The summed E-state index contributed by atoms with van der Waals surface area (Å²) >= 11 is 0. The van der Waals surface area contributed by atoms with Gasteiger partial charge in [-0.3, -0.25) is 10.2 Å². The van der Waals surface area contributed by atoms with E-state index < -0.39 is 0 Å². The molecule has 135 valence electrons. The molecule has 0 bridgehead atoms. The van der Waals surface area contributed by atoms with Crippen LogP contribution < -0.4 is 10.2 Å². The zero-order valence-corrected chi connectivity index (χ0v) is 14.7. The van der Waals surface area contributed by atoms with Crippen molar-refractivity contribution in [2.75, 3.05) is 31.1 Å². The summed E-state index contributed by atoms with van der Waals surface area (Å²) in [6.45, 7) is 5.70. The number of nitrogens with zero attached hydrogens (tertiary/aromatic N) is 2. The van der Waals surface area contributed by atoms with Gasteiger partial charge in [-0.25, -0.2) is 4.39 Å². The smallest absolute Gasteiger partial charge is 0.222 e. The van der Waals surface area contributed by atoms with Crippen molar-refractivity contribution in [3.05, 3.63) is 29.6 Å². The second-order valence-corrected chi connectivity index (χ2v) is 6.97. The number of anilines is 1. The van der Waals surface area contributed by atoms with E-state index in [0.717, 1.165) is 39.0 Å². The van der Waals surface area contributed by atoms with Crippen LogP contribution in [0.25, 0.3) is 0 Å². The molecule has 0 atom stereocenters. The predicted molar refractivity (Wildman–Crippen MR) is 96.3 cm³/mol. The second kappa shape index (κ2) is 7.85. The van der Waals surface area contributed by atoms with Crippen molar-refractivity contribution < 1.29 is 9.18 Å². The van der Waals surface area contributed by atoms with Gasteiger partial charge in [-0.15, -0.1) is 0 Å². The highest BCUT2D eigenvalue weighted by Gasteiger charge is 2.36. The largest absolute Gasteiger partial charge is 0.368 e. The van der Waals surface area contributed by atoms with Gasteiger partial charge in [0.25, 0.3) is 0 Å². The molecular formula is C19H26FN4O. The van der Waals surface area contributed by atoms with Crippen LogP contribution in [0.5, 0.6) is 0 Å². The molecule has 3 rings (SSSR count). The Morgan fingerprint density at radius 2 is 2.04 bits per heavy atom. The molecule has 5 nitrogen and oxygen atoms in total. The molecule has 2 saturated heterocycles. The Hall–Kier alpha value is -2.11. The summed E-state index contributed by atoms with van der Waals surface area (Å²) in [4.78, 5) is 15.8. The lowest BCUT2D eigenvalue weighted by molar-refractivity contribution is -0.132. The Morgan fingerprint density at radius 3 is 2.68 bits per heavy atom. The van der Waals surface area contributed by atoms with Crippen LogP contribution in [-0.2, 0) is 11.3 Å². The Labute approximate surface area is 148 Å². The average molecular weight is 345 g/mol. The predicted octanol–water partition coefficient (Wildman–Crippen LogP) is 2.48. The summed E-state index contributed by atoms with van der Waals surface area (Å²) < 4.78 is 14.6. The fourth-order valence-corrected chi connectivity index (χ4v) is 3.94. The molecule has 2 N–H and O–H groups in total. The molecule has 0 saturated carbocycles. The number of nitrogens with one attached hydrogen (secondary N) is 2. The number of carbonyl (C=O) groups is 1. The minimum Gasteiger partial charge on any atom is -0.368 e. The summed E-state index contributed by atoms with van der Waals surface area (Å²) in [6.07, 6.45) is 4.79. The lowest BCUT2D eigenvalue weighted by atomic mass is 9.79. The SMILES string of the molecule is CCC(=O)N1CCC(C2CN(c3cccc(CN[C]=N)c3F)C2)CC1. The van der Waals surface area contributed by atoms with Crippen LogP contribution in [0.1, 0.15) is 31.7 Å². The number of amides is 1. The maximum atomic E-state index is 14.6. The monoisotopic (exact) mass is 345 g/mol. The first kappa shape index (κ1) is 17.7. The lowest BCUT2D eigenvalue weighted by Crippen LogP contribution is -2.53. The lowest BCUT2D eigenvalue weighted by Gasteiger charge is -2.47. The number of hydrogen-bond acceptors (Lipinski definition) is 3. The third-order valence-corrected chi connectivity index (χ3v) is 5.54. The van der Waals surface area contributed by atoms with Crippen molar-refractivity contribution in [3.63, 3.8) is 0 Å². The van der Waals surface area contributed by atoms with E-state index in [2.05, 4.69) is 16.6 Å². The Kier molecular flexibility index (Phi) is 5.56. The van der Waals surface area contributed by atoms with Crippen LogP contribution in [-0.4, -0.2) is 43.3 Å². The minimum atomic E-state index is -0.202. The number of rotatable bonds is 6. The molecule has 2 heterocycles. The van der Waals surface area contributed by atoms with E-state index in [9.17, 15) is 9.18 Å². The fraction of sp³-hybridized carbons (Fsp3) is 0.579. The molecule has 0 aromatic heterocycles. The second-order valence-electron chi connectivity index (χ2n) is 6.97. The number of likely N-dealkylation sites (tertiary alicyclic amines) is 1. The quantitative estimate of drug-likeness (QED) is 0.473. The maximum Gasteiger partial charge on any atom is 0.222 e. The molecule has 0 aliphatic carbocycles. The number of piperidine rings is 1. The Morgan fingerprint density at radius 1 is 1.32 bits per heavy atom. The first-order valence-electron chi connectivity index (χ1n) is 9.08. The summed E-state index contributed by atoms with van der Waals surface area (Å²) in [5, 5.41) is 9.49. The zero-order chi connectivity index (χ0) is 17.8. The maximum absolute atomic E-state index is 14.6. The number of benzene rings is 1. The van der Waals surface area contributed by atoms with Gasteiger partial charge in [-0.2, -0.15) is 0 Å². The zero-order valence-electron chi connectivity index (χ0n) is 14.7. The highest BCUT2D eigenvalue weighted by Crippen LogP contribution is 2.36. The van der Waals surface area contributed by atoms with Crippen LogP contribution in [0, 0.1) is 23.1 Å². The van der Waals surface area contributed by atoms with Crippen LogP contribution in [0.2, 0.25) is 0 Å².